The Bertz CT molecular complexity index is 1910. The van der Waals surface area contributed by atoms with Crippen molar-refractivity contribution in [3.8, 4) is 28.2 Å². The van der Waals surface area contributed by atoms with Crippen LogP contribution in [0.4, 0.5) is 0 Å². The molecule has 0 spiro atoms. The first-order valence-electron chi connectivity index (χ1n) is 13.0. The fraction of sp³-hybridized carbons (Fsp3) is 0.118. The number of rotatable bonds is 3. The summed E-state index contributed by atoms with van der Waals surface area (Å²) in [6.45, 7) is 6.75. The number of hydrogen-bond acceptors (Lipinski definition) is 2. The summed E-state index contributed by atoms with van der Waals surface area (Å²) in [6, 6.07) is 34.0. The van der Waals surface area contributed by atoms with Crippen LogP contribution in [0.15, 0.2) is 109 Å². The van der Waals surface area contributed by atoms with Gasteiger partial charge in [-0.15, -0.1) is 0 Å². The van der Waals surface area contributed by atoms with Crippen LogP contribution in [-0.4, -0.2) is 19.5 Å². The average molecular weight is 493 g/mol. The van der Waals surface area contributed by atoms with Gasteiger partial charge in [-0.2, -0.15) is 0 Å². The Hall–Kier alpha value is -4.70. The average Bonchev–Trinajstić information content (AvgIpc) is 3.53. The topological polar surface area (TPSA) is 46.5 Å². The molecule has 0 saturated carbocycles. The van der Waals surface area contributed by atoms with Gasteiger partial charge < -0.3 is 4.98 Å². The number of aromatic amines is 1. The first-order valence-corrected chi connectivity index (χ1v) is 13.0. The van der Waals surface area contributed by atoms with E-state index < -0.39 is 0 Å². The molecule has 0 unspecified atom stereocenters. The number of nitrogens with zero attached hydrogens (tertiary/aromatic N) is 3. The Kier molecular flexibility index (Phi) is 4.98. The van der Waals surface area contributed by atoms with Gasteiger partial charge in [0.1, 0.15) is 5.65 Å². The molecular formula is C34H28N4. The molecule has 0 aliphatic rings. The summed E-state index contributed by atoms with van der Waals surface area (Å²) in [6.07, 6.45) is 4.00. The molecule has 0 fully saturated rings. The van der Waals surface area contributed by atoms with Crippen molar-refractivity contribution in [2.75, 3.05) is 0 Å². The number of fused-ring (bicyclic) bond motifs is 4. The maximum atomic E-state index is 5.14. The molecular weight excluding hydrogens is 464 g/mol. The molecule has 4 nitrogen and oxygen atoms in total. The van der Waals surface area contributed by atoms with E-state index in [4.69, 9.17) is 9.97 Å². The van der Waals surface area contributed by atoms with Crippen molar-refractivity contribution >= 4 is 32.8 Å². The Morgan fingerprint density at radius 3 is 2.37 bits per heavy atom. The predicted molar refractivity (Wildman–Crippen MR) is 158 cm³/mol. The molecule has 4 aromatic heterocycles. The second kappa shape index (κ2) is 8.42. The van der Waals surface area contributed by atoms with Crippen molar-refractivity contribution in [1.29, 1.82) is 0 Å². The normalized spacial score (nSPS) is 12.1. The van der Waals surface area contributed by atoms with Crippen molar-refractivity contribution < 1.29 is 0 Å². The van der Waals surface area contributed by atoms with Crippen LogP contribution in [0, 0.1) is 0 Å². The Balaban J connectivity index is 1.36. The van der Waals surface area contributed by atoms with Gasteiger partial charge in [0.25, 0.3) is 0 Å². The zero-order valence-electron chi connectivity index (χ0n) is 21.7. The number of para-hydroxylation sites is 2. The largest absolute Gasteiger partial charge is 0.360 e. The first-order chi connectivity index (χ1) is 18.5. The minimum atomic E-state index is 0.0637. The van der Waals surface area contributed by atoms with Crippen LogP contribution in [0.2, 0.25) is 0 Å². The van der Waals surface area contributed by atoms with Gasteiger partial charge in [-0.25, -0.2) is 9.97 Å². The van der Waals surface area contributed by atoms with Gasteiger partial charge in [0.05, 0.1) is 22.4 Å². The molecule has 7 aromatic rings. The fourth-order valence-corrected chi connectivity index (χ4v) is 5.60. The summed E-state index contributed by atoms with van der Waals surface area (Å²) in [5.74, 6) is 0. The first kappa shape index (κ1) is 22.5. The number of pyridine rings is 2. The lowest BCUT2D eigenvalue weighted by molar-refractivity contribution is 0.596. The molecule has 0 amide bonds. The van der Waals surface area contributed by atoms with E-state index in [0.29, 0.717) is 0 Å². The Morgan fingerprint density at radius 1 is 0.711 bits per heavy atom. The second-order valence-corrected chi connectivity index (χ2v) is 10.9. The van der Waals surface area contributed by atoms with Gasteiger partial charge in [0.15, 0.2) is 0 Å². The highest BCUT2D eigenvalue weighted by atomic mass is 15.0. The Labute approximate surface area is 221 Å². The fourth-order valence-electron chi connectivity index (χ4n) is 5.60. The van der Waals surface area contributed by atoms with Gasteiger partial charge in [0, 0.05) is 45.4 Å². The standard InChI is InChI=1S/C34H28N4/c1-34(2,3)28-21-36-32-26(28)13-7-14-27(32)30-17-8-16-29(37-30)22-10-6-11-23(20-22)38-31-18-5-4-12-24(31)25-15-9-19-35-33(25)38/h4-21,36H,1-3H3. The third-order valence-corrected chi connectivity index (χ3v) is 7.38. The summed E-state index contributed by atoms with van der Waals surface area (Å²) in [4.78, 5) is 13.4. The van der Waals surface area contributed by atoms with E-state index in [0.717, 1.165) is 50.3 Å². The van der Waals surface area contributed by atoms with Crippen molar-refractivity contribution in [3.05, 3.63) is 115 Å². The molecule has 0 atom stereocenters. The molecule has 4 heteroatoms. The summed E-state index contributed by atoms with van der Waals surface area (Å²) >= 11 is 0. The number of H-pyrrole nitrogens is 1. The van der Waals surface area contributed by atoms with Crippen LogP contribution in [0.3, 0.4) is 0 Å². The van der Waals surface area contributed by atoms with Crippen molar-refractivity contribution in [2.24, 2.45) is 0 Å². The zero-order valence-corrected chi connectivity index (χ0v) is 21.7. The number of aromatic nitrogens is 4. The quantitative estimate of drug-likeness (QED) is 0.268. The highest BCUT2D eigenvalue weighted by molar-refractivity contribution is 6.07. The molecule has 4 heterocycles. The third-order valence-electron chi connectivity index (χ3n) is 7.38. The zero-order chi connectivity index (χ0) is 25.9. The molecule has 0 saturated heterocycles. The van der Waals surface area contributed by atoms with Crippen LogP contribution < -0.4 is 0 Å². The predicted octanol–water partition coefficient (Wildman–Crippen LogP) is 8.69. The molecule has 38 heavy (non-hydrogen) atoms. The summed E-state index contributed by atoms with van der Waals surface area (Å²) in [5.41, 5.74) is 9.77. The maximum Gasteiger partial charge on any atom is 0.145 e. The summed E-state index contributed by atoms with van der Waals surface area (Å²) in [7, 11) is 0. The summed E-state index contributed by atoms with van der Waals surface area (Å²) in [5, 5.41) is 3.61. The molecule has 0 bridgehead atoms. The molecule has 3 aromatic carbocycles. The van der Waals surface area contributed by atoms with Crippen LogP contribution >= 0.6 is 0 Å². The van der Waals surface area contributed by atoms with E-state index in [1.807, 2.05) is 12.3 Å². The smallest absolute Gasteiger partial charge is 0.145 e. The lowest BCUT2D eigenvalue weighted by Gasteiger charge is -2.17. The Morgan fingerprint density at radius 2 is 1.47 bits per heavy atom. The van der Waals surface area contributed by atoms with E-state index in [2.05, 4.69) is 128 Å². The van der Waals surface area contributed by atoms with Gasteiger partial charge in [0.2, 0.25) is 0 Å². The SMILES string of the molecule is CC(C)(C)c1c[nH]c2c(-c3cccc(-c4cccc(-n5c6ccccc6c6cccnc65)c4)n3)cccc12. The molecule has 0 aliphatic heterocycles. The van der Waals surface area contributed by atoms with Gasteiger partial charge in [-0.3, -0.25) is 4.57 Å². The van der Waals surface area contributed by atoms with E-state index in [-0.39, 0.29) is 5.41 Å². The van der Waals surface area contributed by atoms with E-state index in [1.54, 1.807) is 0 Å². The monoisotopic (exact) mass is 492 g/mol. The van der Waals surface area contributed by atoms with E-state index in [1.165, 1.54) is 16.3 Å². The van der Waals surface area contributed by atoms with Gasteiger partial charge >= 0.3 is 0 Å². The van der Waals surface area contributed by atoms with Crippen molar-refractivity contribution in [2.45, 2.75) is 26.2 Å². The minimum Gasteiger partial charge on any atom is -0.360 e. The molecule has 0 radical (unpaired) electrons. The van der Waals surface area contributed by atoms with Gasteiger partial charge in [-0.1, -0.05) is 75.4 Å². The maximum absolute atomic E-state index is 5.14. The lowest BCUT2D eigenvalue weighted by Crippen LogP contribution is -2.09. The lowest BCUT2D eigenvalue weighted by atomic mass is 9.86. The molecule has 7 rings (SSSR count). The van der Waals surface area contributed by atoms with E-state index in [9.17, 15) is 0 Å². The highest BCUT2D eigenvalue weighted by Gasteiger charge is 2.20. The number of benzene rings is 3. The highest BCUT2D eigenvalue weighted by Crippen LogP contribution is 2.36. The van der Waals surface area contributed by atoms with Gasteiger partial charge in [-0.05, 0) is 53.4 Å². The number of nitrogens with one attached hydrogen (secondary N) is 1. The van der Waals surface area contributed by atoms with Crippen molar-refractivity contribution in [3.63, 3.8) is 0 Å². The van der Waals surface area contributed by atoms with Crippen LogP contribution in [0.25, 0.3) is 61.0 Å². The molecule has 184 valence electrons. The third kappa shape index (κ3) is 3.52. The van der Waals surface area contributed by atoms with Crippen LogP contribution in [-0.2, 0) is 5.41 Å². The summed E-state index contributed by atoms with van der Waals surface area (Å²) < 4.78 is 2.24. The molecule has 0 aliphatic carbocycles. The molecule has 1 N–H and O–H groups in total. The second-order valence-electron chi connectivity index (χ2n) is 10.9. The van der Waals surface area contributed by atoms with Crippen LogP contribution in [0.1, 0.15) is 26.3 Å². The minimum absolute atomic E-state index is 0.0637. The number of hydrogen-bond donors (Lipinski definition) is 1. The van der Waals surface area contributed by atoms with E-state index >= 15 is 0 Å². The van der Waals surface area contributed by atoms with Crippen molar-refractivity contribution in [1.82, 2.24) is 19.5 Å². The van der Waals surface area contributed by atoms with Crippen LogP contribution in [0.5, 0.6) is 0 Å².